The van der Waals surface area contributed by atoms with Gasteiger partial charge in [0.2, 0.25) is 5.91 Å². The average Bonchev–Trinajstić information content (AvgIpc) is 2.60. The molecule has 128 valence electrons. The maximum absolute atomic E-state index is 11.7. The Morgan fingerprint density at radius 3 is 2.25 bits per heavy atom. The van der Waals surface area contributed by atoms with Gasteiger partial charge in [0.15, 0.2) is 0 Å². The minimum Gasteiger partial charge on any atom is -0.494 e. The van der Waals surface area contributed by atoms with Crippen molar-refractivity contribution in [3.8, 4) is 11.5 Å². The van der Waals surface area contributed by atoms with Gasteiger partial charge in [0.25, 0.3) is 0 Å². The molecule has 2 N–H and O–H groups in total. The van der Waals surface area contributed by atoms with Crippen molar-refractivity contribution >= 4 is 23.2 Å². The second-order valence-electron chi connectivity index (χ2n) is 5.04. The highest BCUT2D eigenvalue weighted by molar-refractivity contribution is 6.30. The lowest BCUT2D eigenvalue weighted by Crippen LogP contribution is -2.29. The van der Waals surface area contributed by atoms with Gasteiger partial charge in [0.05, 0.1) is 18.9 Å². The van der Waals surface area contributed by atoms with E-state index in [4.69, 9.17) is 21.1 Å². The van der Waals surface area contributed by atoms with Crippen LogP contribution in [-0.4, -0.2) is 19.1 Å². The first-order chi connectivity index (χ1) is 11.7. The average molecular weight is 349 g/mol. The molecule has 0 atom stereocenters. The number of hydrazine groups is 1. The summed E-state index contributed by atoms with van der Waals surface area (Å²) < 4.78 is 11.0. The molecule has 2 rings (SSSR count). The van der Waals surface area contributed by atoms with E-state index in [1.807, 2.05) is 31.2 Å². The number of carbonyl (C=O) groups excluding carboxylic acids is 1. The first-order valence-electron chi connectivity index (χ1n) is 7.83. The molecule has 0 aromatic heterocycles. The lowest BCUT2D eigenvalue weighted by molar-refractivity contribution is -0.120. The maximum Gasteiger partial charge on any atom is 0.238 e. The monoisotopic (exact) mass is 348 g/mol. The summed E-state index contributed by atoms with van der Waals surface area (Å²) in [5, 5.41) is 0.651. The summed E-state index contributed by atoms with van der Waals surface area (Å²) >= 11 is 5.80. The van der Waals surface area contributed by atoms with E-state index in [2.05, 4.69) is 10.9 Å². The normalized spacial score (nSPS) is 10.1. The van der Waals surface area contributed by atoms with Crippen LogP contribution in [0.15, 0.2) is 48.5 Å². The summed E-state index contributed by atoms with van der Waals surface area (Å²) in [7, 11) is 0. The largest absolute Gasteiger partial charge is 0.494 e. The summed E-state index contributed by atoms with van der Waals surface area (Å²) in [4.78, 5) is 11.7. The Balaban J connectivity index is 1.61. The molecule has 0 spiro atoms. The van der Waals surface area contributed by atoms with Crippen LogP contribution in [0.5, 0.6) is 11.5 Å². The molecule has 0 aliphatic heterocycles. The molecule has 0 bridgehead atoms. The van der Waals surface area contributed by atoms with E-state index in [1.165, 1.54) is 0 Å². The van der Waals surface area contributed by atoms with Gasteiger partial charge in [-0.2, -0.15) is 0 Å². The van der Waals surface area contributed by atoms with E-state index in [0.717, 1.165) is 17.2 Å². The van der Waals surface area contributed by atoms with Crippen LogP contribution in [-0.2, 0) is 4.79 Å². The standard InChI is InChI=1S/C18H21ClN2O3/c1-2-23-16-9-11-17(12-10-16)24-13-3-4-18(22)21-20-15-7-5-14(19)6-8-15/h5-12,20H,2-4,13H2,1H3,(H,21,22). The van der Waals surface area contributed by atoms with Crippen molar-refractivity contribution in [2.45, 2.75) is 19.8 Å². The molecule has 0 aliphatic carbocycles. The van der Waals surface area contributed by atoms with Gasteiger partial charge in [-0.15, -0.1) is 0 Å². The predicted octanol–water partition coefficient (Wildman–Crippen LogP) is 4.04. The quantitative estimate of drug-likeness (QED) is 0.530. The number of amides is 1. The van der Waals surface area contributed by atoms with Crippen LogP contribution in [0.2, 0.25) is 5.02 Å². The second-order valence-corrected chi connectivity index (χ2v) is 5.47. The number of halogens is 1. The summed E-state index contributed by atoms with van der Waals surface area (Å²) in [5.41, 5.74) is 6.25. The number of hydrogen-bond donors (Lipinski definition) is 2. The fourth-order valence-electron chi connectivity index (χ4n) is 1.96. The van der Waals surface area contributed by atoms with E-state index >= 15 is 0 Å². The molecular formula is C18H21ClN2O3. The van der Waals surface area contributed by atoms with Crippen LogP contribution < -0.4 is 20.3 Å². The molecule has 0 heterocycles. The van der Waals surface area contributed by atoms with E-state index < -0.39 is 0 Å². The van der Waals surface area contributed by atoms with E-state index in [-0.39, 0.29) is 5.91 Å². The number of benzene rings is 2. The molecule has 1 amide bonds. The number of ether oxygens (including phenoxy) is 2. The van der Waals surface area contributed by atoms with Gasteiger partial charge in [-0.1, -0.05) is 11.6 Å². The molecule has 0 aliphatic rings. The molecule has 0 saturated carbocycles. The summed E-state index contributed by atoms with van der Waals surface area (Å²) in [6.07, 6.45) is 0.999. The van der Waals surface area contributed by atoms with Gasteiger partial charge < -0.3 is 9.47 Å². The van der Waals surface area contributed by atoms with Crippen molar-refractivity contribution in [1.82, 2.24) is 5.43 Å². The first kappa shape index (κ1) is 17.9. The van der Waals surface area contributed by atoms with Gasteiger partial charge >= 0.3 is 0 Å². The lowest BCUT2D eigenvalue weighted by Gasteiger charge is -2.09. The molecule has 2 aromatic carbocycles. The Morgan fingerprint density at radius 2 is 1.62 bits per heavy atom. The van der Waals surface area contributed by atoms with Crippen LogP contribution in [0.4, 0.5) is 5.69 Å². The number of carbonyl (C=O) groups is 1. The molecule has 0 saturated heterocycles. The predicted molar refractivity (Wildman–Crippen MR) is 95.6 cm³/mol. The SMILES string of the molecule is CCOc1ccc(OCCCC(=O)NNc2ccc(Cl)cc2)cc1. The number of nitrogens with one attached hydrogen (secondary N) is 2. The fourth-order valence-corrected chi connectivity index (χ4v) is 2.09. The van der Waals surface area contributed by atoms with Crippen molar-refractivity contribution in [2.75, 3.05) is 18.6 Å². The van der Waals surface area contributed by atoms with Crippen LogP contribution in [0, 0.1) is 0 Å². The Morgan fingerprint density at radius 1 is 1.00 bits per heavy atom. The second kappa shape index (κ2) is 9.67. The van der Waals surface area contributed by atoms with Crippen LogP contribution in [0.1, 0.15) is 19.8 Å². The van der Waals surface area contributed by atoms with Gasteiger partial charge in [-0.05, 0) is 61.9 Å². The van der Waals surface area contributed by atoms with E-state index in [1.54, 1.807) is 24.3 Å². The molecular weight excluding hydrogens is 328 g/mol. The van der Waals surface area contributed by atoms with Gasteiger partial charge in [-0.3, -0.25) is 15.6 Å². The molecule has 0 unspecified atom stereocenters. The van der Waals surface area contributed by atoms with Crippen molar-refractivity contribution in [2.24, 2.45) is 0 Å². The topological polar surface area (TPSA) is 59.6 Å². The summed E-state index contributed by atoms with van der Waals surface area (Å²) in [6.45, 7) is 3.05. The van der Waals surface area contributed by atoms with Gasteiger partial charge in [0.1, 0.15) is 11.5 Å². The Kier molecular flexibility index (Phi) is 7.23. The third-order valence-corrected chi connectivity index (χ3v) is 3.39. The highest BCUT2D eigenvalue weighted by atomic mass is 35.5. The highest BCUT2D eigenvalue weighted by Gasteiger charge is 2.02. The molecule has 24 heavy (non-hydrogen) atoms. The van der Waals surface area contributed by atoms with Crippen LogP contribution >= 0.6 is 11.6 Å². The minimum atomic E-state index is -0.0970. The van der Waals surface area contributed by atoms with Crippen molar-refractivity contribution < 1.29 is 14.3 Å². The molecule has 0 radical (unpaired) electrons. The van der Waals surface area contributed by atoms with Crippen LogP contribution in [0.3, 0.4) is 0 Å². The fraction of sp³-hybridized carbons (Fsp3) is 0.278. The van der Waals surface area contributed by atoms with Crippen molar-refractivity contribution in [1.29, 1.82) is 0 Å². The zero-order valence-corrected chi connectivity index (χ0v) is 14.3. The van der Waals surface area contributed by atoms with Crippen LogP contribution in [0.25, 0.3) is 0 Å². The number of rotatable bonds is 9. The van der Waals surface area contributed by atoms with E-state index in [0.29, 0.717) is 31.1 Å². The highest BCUT2D eigenvalue weighted by Crippen LogP contribution is 2.17. The molecule has 5 nitrogen and oxygen atoms in total. The Bertz CT molecular complexity index is 630. The first-order valence-corrected chi connectivity index (χ1v) is 8.21. The van der Waals surface area contributed by atoms with Gasteiger partial charge in [0, 0.05) is 11.4 Å². The summed E-state index contributed by atoms with van der Waals surface area (Å²) in [6, 6.07) is 14.5. The Labute approximate surface area is 146 Å². The molecule has 2 aromatic rings. The third kappa shape index (κ3) is 6.38. The number of hydrogen-bond acceptors (Lipinski definition) is 4. The zero-order chi connectivity index (χ0) is 17.2. The lowest BCUT2D eigenvalue weighted by atomic mass is 10.3. The third-order valence-electron chi connectivity index (χ3n) is 3.14. The van der Waals surface area contributed by atoms with E-state index in [9.17, 15) is 4.79 Å². The summed E-state index contributed by atoms with van der Waals surface area (Å²) in [5.74, 6) is 1.48. The molecule has 6 heteroatoms. The van der Waals surface area contributed by atoms with Crippen molar-refractivity contribution in [3.05, 3.63) is 53.6 Å². The zero-order valence-electron chi connectivity index (χ0n) is 13.5. The molecule has 0 fully saturated rings. The maximum atomic E-state index is 11.7. The van der Waals surface area contributed by atoms with Crippen molar-refractivity contribution in [3.63, 3.8) is 0 Å². The number of anilines is 1. The minimum absolute atomic E-state index is 0.0970. The smallest absolute Gasteiger partial charge is 0.238 e. The van der Waals surface area contributed by atoms with Gasteiger partial charge in [-0.25, -0.2) is 0 Å². The Hall–Kier alpha value is -2.40.